The molecule has 1 aliphatic carbocycles. The number of allylic oxidation sites excluding steroid dienone is 1. The molecule has 2 N–H and O–H groups in total. The molecule has 1 atom stereocenters. The molecule has 2 aromatic carbocycles. The lowest BCUT2D eigenvalue weighted by molar-refractivity contribution is -0.145. The molecular formula is C26H30N2O4. The van der Waals surface area contributed by atoms with Crippen LogP contribution in [0.2, 0.25) is 0 Å². The van der Waals surface area contributed by atoms with Gasteiger partial charge >= 0.3 is 12.0 Å². The zero-order chi connectivity index (χ0) is 22.3. The molecule has 6 heteroatoms. The summed E-state index contributed by atoms with van der Waals surface area (Å²) in [5, 5.41) is 5.60. The first-order chi connectivity index (χ1) is 15.6. The first-order valence-electron chi connectivity index (χ1n) is 11.4. The van der Waals surface area contributed by atoms with Crippen LogP contribution in [0.25, 0.3) is 0 Å². The molecule has 1 heterocycles. The summed E-state index contributed by atoms with van der Waals surface area (Å²) < 4.78 is 11.8. The lowest BCUT2D eigenvalue weighted by atomic mass is 9.95. The molecule has 0 unspecified atom stereocenters. The van der Waals surface area contributed by atoms with Crippen LogP contribution in [0.3, 0.4) is 0 Å². The lowest BCUT2D eigenvalue weighted by Crippen LogP contribution is -2.45. The van der Waals surface area contributed by atoms with Crippen molar-refractivity contribution in [2.75, 3.05) is 0 Å². The van der Waals surface area contributed by atoms with Crippen LogP contribution in [0.1, 0.15) is 62.6 Å². The van der Waals surface area contributed by atoms with Crippen LogP contribution in [0.4, 0.5) is 4.79 Å². The summed E-state index contributed by atoms with van der Waals surface area (Å²) in [6.45, 7) is 2.18. The van der Waals surface area contributed by atoms with Crippen LogP contribution in [0.15, 0.2) is 65.9 Å². The molecular weight excluding hydrogens is 404 g/mol. The molecule has 1 saturated carbocycles. The third kappa shape index (κ3) is 5.49. The number of hydrogen-bond acceptors (Lipinski definition) is 4. The highest BCUT2D eigenvalue weighted by molar-refractivity contribution is 5.95. The minimum atomic E-state index is -0.595. The molecule has 0 saturated heterocycles. The van der Waals surface area contributed by atoms with E-state index in [2.05, 4.69) is 10.6 Å². The molecule has 0 radical (unpaired) electrons. The van der Waals surface area contributed by atoms with Gasteiger partial charge in [0.2, 0.25) is 0 Å². The van der Waals surface area contributed by atoms with Crippen LogP contribution < -0.4 is 15.4 Å². The van der Waals surface area contributed by atoms with Gasteiger partial charge in [0.1, 0.15) is 18.5 Å². The van der Waals surface area contributed by atoms with E-state index in [4.69, 9.17) is 9.47 Å². The van der Waals surface area contributed by atoms with Gasteiger partial charge in [-0.05, 0) is 55.9 Å². The molecule has 1 fully saturated rings. The van der Waals surface area contributed by atoms with Crippen LogP contribution in [0, 0.1) is 0 Å². The minimum Gasteiger partial charge on any atom is -0.489 e. The number of urea groups is 1. The summed E-state index contributed by atoms with van der Waals surface area (Å²) in [6.07, 6.45) is 6.25. The quantitative estimate of drug-likeness (QED) is 0.486. The van der Waals surface area contributed by atoms with Gasteiger partial charge < -0.3 is 20.1 Å². The Morgan fingerprint density at radius 1 is 1.00 bits per heavy atom. The van der Waals surface area contributed by atoms with Crippen molar-refractivity contribution in [3.63, 3.8) is 0 Å². The van der Waals surface area contributed by atoms with Gasteiger partial charge in [-0.15, -0.1) is 0 Å². The van der Waals surface area contributed by atoms with Gasteiger partial charge in [-0.25, -0.2) is 9.59 Å². The monoisotopic (exact) mass is 434 g/mol. The summed E-state index contributed by atoms with van der Waals surface area (Å²) in [4.78, 5) is 25.4. The van der Waals surface area contributed by atoms with E-state index in [9.17, 15) is 9.59 Å². The maximum absolute atomic E-state index is 13.2. The van der Waals surface area contributed by atoms with Crippen molar-refractivity contribution in [2.45, 2.75) is 64.2 Å². The number of carbonyl (C=O) groups is 2. The van der Waals surface area contributed by atoms with Crippen molar-refractivity contribution in [1.29, 1.82) is 0 Å². The molecule has 6 nitrogen and oxygen atoms in total. The van der Waals surface area contributed by atoms with Gasteiger partial charge in [0.05, 0.1) is 11.6 Å². The molecule has 1 aliphatic heterocycles. The Labute approximate surface area is 189 Å². The minimum absolute atomic E-state index is 0.0656. The molecule has 2 amide bonds. The van der Waals surface area contributed by atoms with Crippen molar-refractivity contribution in [3.05, 3.63) is 77.0 Å². The van der Waals surface area contributed by atoms with Crippen LogP contribution >= 0.6 is 0 Å². The summed E-state index contributed by atoms with van der Waals surface area (Å²) in [5.41, 5.74) is 2.80. The number of amides is 2. The number of hydrogen-bond donors (Lipinski definition) is 2. The number of ether oxygens (including phenoxy) is 2. The van der Waals surface area contributed by atoms with E-state index in [1.54, 1.807) is 6.92 Å². The first kappa shape index (κ1) is 21.9. The standard InChI is InChI=1S/C26H30N2O4/c1-18-23(25(29)32-21-13-7-2-3-8-14-21)24(28-26(30)27-18)20-12-9-15-22(16-20)31-17-19-10-5-4-6-11-19/h4-6,9-12,15-16,21,24H,2-3,7-8,13-14,17H2,1H3,(H2,27,28,30)/t24-/m0/s1. The predicted molar refractivity (Wildman–Crippen MR) is 122 cm³/mol. The van der Waals surface area contributed by atoms with Crippen molar-refractivity contribution in [1.82, 2.24) is 10.6 Å². The molecule has 168 valence electrons. The van der Waals surface area contributed by atoms with Gasteiger partial charge in [-0.1, -0.05) is 55.3 Å². The highest BCUT2D eigenvalue weighted by Gasteiger charge is 2.33. The maximum Gasteiger partial charge on any atom is 0.338 e. The topological polar surface area (TPSA) is 76.7 Å². The third-order valence-electron chi connectivity index (χ3n) is 6.00. The SMILES string of the molecule is CC1=C(C(=O)OC2CCCCCC2)[C@H](c2cccc(OCc3ccccc3)c2)NC(=O)N1. The summed E-state index contributed by atoms with van der Waals surface area (Å²) in [5.74, 6) is 0.302. The van der Waals surface area contributed by atoms with Crippen molar-refractivity contribution in [2.24, 2.45) is 0 Å². The fourth-order valence-electron chi connectivity index (χ4n) is 4.31. The highest BCUT2D eigenvalue weighted by Crippen LogP contribution is 2.31. The number of benzene rings is 2. The van der Waals surface area contributed by atoms with E-state index in [0.717, 1.165) is 36.8 Å². The van der Waals surface area contributed by atoms with Gasteiger partial charge in [-0.2, -0.15) is 0 Å². The second-order valence-electron chi connectivity index (χ2n) is 8.44. The van der Waals surface area contributed by atoms with Crippen LogP contribution in [-0.4, -0.2) is 18.1 Å². The van der Waals surface area contributed by atoms with Crippen molar-refractivity contribution < 1.29 is 19.1 Å². The van der Waals surface area contributed by atoms with Crippen molar-refractivity contribution >= 4 is 12.0 Å². The average molecular weight is 435 g/mol. The Kier molecular flexibility index (Phi) is 7.10. The van der Waals surface area contributed by atoms with E-state index in [0.29, 0.717) is 23.6 Å². The smallest absolute Gasteiger partial charge is 0.338 e. The summed E-state index contributed by atoms with van der Waals surface area (Å²) in [7, 11) is 0. The highest BCUT2D eigenvalue weighted by atomic mass is 16.5. The fourth-order valence-corrected chi connectivity index (χ4v) is 4.31. The average Bonchev–Trinajstić information content (AvgIpc) is 3.06. The number of rotatable bonds is 6. The molecule has 0 spiro atoms. The molecule has 0 aromatic heterocycles. The van der Waals surface area contributed by atoms with Crippen LogP contribution in [-0.2, 0) is 16.1 Å². The molecule has 0 bridgehead atoms. The van der Waals surface area contributed by atoms with Gasteiger partial charge in [0, 0.05) is 5.70 Å². The Morgan fingerprint density at radius 3 is 2.50 bits per heavy atom. The zero-order valence-corrected chi connectivity index (χ0v) is 18.4. The van der Waals surface area contributed by atoms with E-state index in [-0.39, 0.29) is 18.1 Å². The molecule has 4 rings (SSSR count). The molecule has 32 heavy (non-hydrogen) atoms. The second kappa shape index (κ2) is 10.4. The Balaban J connectivity index is 1.52. The van der Waals surface area contributed by atoms with E-state index >= 15 is 0 Å². The largest absolute Gasteiger partial charge is 0.489 e. The first-order valence-corrected chi connectivity index (χ1v) is 11.4. The van der Waals surface area contributed by atoms with Gasteiger partial charge in [0.25, 0.3) is 0 Å². The fraction of sp³-hybridized carbons (Fsp3) is 0.385. The summed E-state index contributed by atoms with van der Waals surface area (Å²) >= 11 is 0. The summed E-state index contributed by atoms with van der Waals surface area (Å²) in [6, 6.07) is 16.5. The third-order valence-corrected chi connectivity index (χ3v) is 6.00. The van der Waals surface area contributed by atoms with Crippen molar-refractivity contribution in [3.8, 4) is 5.75 Å². The van der Waals surface area contributed by atoms with Crippen LogP contribution in [0.5, 0.6) is 5.75 Å². The Hall–Kier alpha value is -3.28. The second-order valence-corrected chi connectivity index (χ2v) is 8.44. The number of nitrogens with one attached hydrogen (secondary N) is 2. The molecule has 2 aliphatic rings. The zero-order valence-electron chi connectivity index (χ0n) is 18.4. The number of esters is 1. The lowest BCUT2D eigenvalue weighted by Gasteiger charge is -2.29. The maximum atomic E-state index is 13.2. The van der Waals surface area contributed by atoms with Gasteiger partial charge in [0.15, 0.2) is 0 Å². The predicted octanol–water partition coefficient (Wildman–Crippen LogP) is 5.16. The van der Waals surface area contributed by atoms with E-state index in [1.807, 2.05) is 54.6 Å². The molecule has 2 aromatic rings. The number of carbonyl (C=O) groups excluding carboxylic acids is 2. The van der Waals surface area contributed by atoms with Gasteiger partial charge in [-0.3, -0.25) is 0 Å². The Bertz CT molecular complexity index is 978. The normalized spacial score (nSPS) is 19.5. The Morgan fingerprint density at radius 2 is 1.75 bits per heavy atom. The van der Waals surface area contributed by atoms with E-state index in [1.165, 1.54) is 12.8 Å². The van der Waals surface area contributed by atoms with E-state index < -0.39 is 6.04 Å².